The van der Waals surface area contributed by atoms with Crippen LogP contribution in [0.5, 0.6) is 5.75 Å². The molecule has 1 rings (SSSR count). The van der Waals surface area contributed by atoms with Crippen molar-refractivity contribution in [1.82, 2.24) is 4.90 Å². The monoisotopic (exact) mass is 357 g/mol. The molecule has 0 aliphatic heterocycles. The van der Waals surface area contributed by atoms with E-state index in [-0.39, 0.29) is 11.9 Å². The van der Waals surface area contributed by atoms with Crippen molar-refractivity contribution in [2.45, 2.75) is 32.7 Å². The first-order valence-corrected chi connectivity index (χ1v) is 8.01. The molecule has 1 amide bonds. The molecule has 0 unspecified atom stereocenters. The van der Waals surface area contributed by atoms with Gasteiger partial charge in [0.05, 0.1) is 18.2 Å². The highest BCUT2D eigenvalue weighted by atomic mass is 79.9. The van der Waals surface area contributed by atoms with Gasteiger partial charge in [0.1, 0.15) is 5.75 Å². The van der Waals surface area contributed by atoms with Crippen LogP contribution in [-0.4, -0.2) is 44.2 Å². The van der Waals surface area contributed by atoms with Crippen molar-refractivity contribution >= 4 is 21.8 Å². The van der Waals surface area contributed by atoms with Crippen LogP contribution in [0.3, 0.4) is 0 Å². The first-order valence-electron chi connectivity index (χ1n) is 7.22. The Bertz CT molecular complexity index is 461. The molecular formula is C16H24BrNO3. The number of halogens is 1. The van der Waals surface area contributed by atoms with Crippen molar-refractivity contribution in [2.75, 3.05) is 27.4 Å². The summed E-state index contributed by atoms with van der Waals surface area (Å²) in [6.45, 7) is 5.35. The van der Waals surface area contributed by atoms with E-state index >= 15 is 0 Å². The average Bonchev–Trinajstić information content (AvgIpc) is 2.50. The first kappa shape index (κ1) is 18.0. The molecule has 0 spiro atoms. The van der Waals surface area contributed by atoms with E-state index in [2.05, 4.69) is 29.8 Å². The summed E-state index contributed by atoms with van der Waals surface area (Å²) in [4.78, 5) is 14.7. The highest BCUT2D eigenvalue weighted by Crippen LogP contribution is 2.26. The van der Waals surface area contributed by atoms with Crippen molar-refractivity contribution in [1.29, 1.82) is 0 Å². The van der Waals surface area contributed by atoms with Gasteiger partial charge in [-0.15, -0.1) is 0 Å². The molecule has 0 heterocycles. The van der Waals surface area contributed by atoms with Crippen LogP contribution in [0, 0.1) is 0 Å². The van der Waals surface area contributed by atoms with Crippen molar-refractivity contribution in [3.05, 3.63) is 28.2 Å². The van der Waals surface area contributed by atoms with Crippen LogP contribution >= 0.6 is 15.9 Å². The van der Waals surface area contributed by atoms with Crippen LogP contribution in [0.4, 0.5) is 0 Å². The average molecular weight is 358 g/mol. The summed E-state index contributed by atoms with van der Waals surface area (Å²) in [5.74, 6) is 0.752. The van der Waals surface area contributed by atoms with E-state index in [9.17, 15) is 4.79 Å². The molecule has 1 aromatic rings. The van der Waals surface area contributed by atoms with Crippen molar-refractivity contribution < 1.29 is 14.3 Å². The molecule has 21 heavy (non-hydrogen) atoms. The van der Waals surface area contributed by atoms with Gasteiger partial charge in [-0.1, -0.05) is 13.8 Å². The number of hydrogen-bond acceptors (Lipinski definition) is 3. The SMILES string of the molecule is CCC(CC)N(CCOC)C(=O)c1ccc(OC)c(Br)c1. The van der Waals surface area contributed by atoms with Gasteiger partial charge in [-0.05, 0) is 47.0 Å². The van der Waals surface area contributed by atoms with Crippen LogP contribution in [0.1, 0.15) is 37.0 Å². The summed E-state index contributed by atoms with van der Waals surface area (Å²) < 4.78 is 11.1. The zero-order valence-electron chi connectivity index (χ0n) is 13.2. The number of rotatable bonds is 8. The topological polar surface area (TPSA) is 38.8 Å². The molecule has 1 aromatic carbocycles. The maximum absolute atomic E-state index is 12.8. The Morgan fingerprint density at radius 2 is 1.95 bits per heavy atom. The summed E-state index contributed by atoms with van der Waals surface area (Å²) in [7, 11) is 3.26. The maximum Gasteiger partial charge on any atom is 0.254 e. The van der Waals surface area contributed by atoms with Gasteiger partial charge in [-0.3, -0.25) is 4.79 Å². The predicted molar refractivity (Wildman–Crippen MR) is 88.0 cm³/mol. The normalized spacial score (nSPS) is 10.8. The minimum atomic E-state index is 0.0316. The second-order valence-electron chi connectivity index (χ2n) is 4.81. The fourth-order valence-corrected chi connectivity index (χ4v) is 2.87. The smallest absolute Gasteiger partial charge is 0.254 e. The Hall–Kier alpha value is -1.07. The molecule has 0 atom stereocenters. The number of carbonyl (C=O) groups excluding carboxylic acids is 1. The van der Waals surface area contributed by atoms with E-state index in [0.29, 0.717) is 18.7 Å². The molecule has 0 bridgehead atoms. The van der Waals surface area contributed by atoms with Gasteiger partial charge in [0, 0.05) is 25.3 Å². The number of nitrogens with zero attached hydrogens (tertiary/aromatic N) is 1. The Morgan fingerprint density at radius 1 is 1.29 bits per heavy atom. The minimum absolute atomic E-state index is 0.0316. The van der Waals surface area contributed by atoms with Gasteiger partial charge in [0.25, 0.3) is 5.91 Å². The summed E-state index contributed by atoms with van der Waals surface area (Å²) in [6, 6.07) is 5.64. The molecule has 5 heteroatoms. The van der Waals surface area contributed by atoms with Gasteiger partial charge in [0.2, 0.25) is 0 Å². The summed E-state index contributed by atoms with van der Waals surface area (Å²) in [5.41, 5.74) is 0.658. The third kappa shape index (κ3) is 4.71. The Kier molecular flexibility index (Phi) is 7.75. The molecule has 0 fully saturated rings. The van der Waals surface area contributed by atoms with Crippen molar-refractivity contribution in [3.8, 4) is 5.75 Å². The molecule has 4 nitrogen and oxygen atoms in total. The van der Waals surface area contributed by atoms with Gasteiger partial charge in [0.15, 0.2) is 0 Å². The number of benzene rings is 1. The van der Waals surface area contributed by atoms with E-state index < -0.39 is 0 Å². The van der Waals surface area contributed by atoms with Crippen molar-refractivity contribution in [3.63, 3.8) is 0 Å². The molecule has 0 saturated heterocycles. The zero-order valence-corrected chi connectivity index (χ0v) is 14.8. The molecule has 0 N–H and O–H groups in total. The Balaban J connectivity index is 3.00. The molecule has 118 valence electrons. The molecule has 0 aromatic heterocycles. The number of carbonyl (C=O) groups is 1. The molecule has 0 radical (unpaired) electrons. The summed E-state index contributed by atoms with van der Waals surface area (Å²) in [5, 5.41) is 0. The molecule has 0 saturated carbocycles. The van der Waals surface area contributed by atoms with Crippen LogP contribution in [0.2, 0.25) is 0 Å². The van der Waals surface area contributed by atoms with E-state index in [0.717, 1.165) is 23.1 Å². The third-order valence-corrected chi connectivity index (χ3v) is 4.20. The quantitative estimate of drug-likeness (QED) is 0.711. The molecule has 0 aliphatic rings. The van der Waals surface area contributed by atoms with E-state index in [1.54, 1.807) is 26.4 Å². The summed E-state index contributed by atoms with van der Waals surface area (Å²) >= 11 is 3.43. The lowest BCUT2D eigenvalue weighted by Gasteiger charge is -2.30. The summed E-state index contributed by atoms with van der Waals surface area (Å²) in [6.07, 6.45) is 1.87. The Morgan fingerprint density at radius 3 is 2.43 bits per heavy atom. The number of ether oxygens (including phenoxy) is 2. The number of hydrogen-bond donors (Lipinski definition) is 0. The van der Waals surface area contributed by atoms with Crippen molar-refractivity contribution in [2.24, 2.45) is 0 Å². The van der Waals surface area contributed by atoms with E-state index in [1.807, 2.05) is 11.0 Å². The highest BCUT2D eigenvalue weighted by molar-refractivity contribution is 9.10. The Labute approximate surface area is 135 Å². The van der Waals surface area contributed by atoms with Gasteiger partial charge in [-0.25, -0.2) is 0 Å². The van der Waals surface area contributed by atoms with Gasteiger partial charge in [-0.2, -0.15) is 0 Å². The number of amides is 1. The standard InChI is InChI=1S/C16H24BrNO3/c1-5-13(6-2)18(9-10-20-3)16(19)12-7-8-15(21-4)14(17)11-12/h7-8,11,13H,5-6,9-10H2,1-4H3. The number of methoxy groups -OCH3 is 2. The zero-order chi connectivity index (χ0) is 15.8. The highest BCUT2D eigenvalue weighted by Gasteiger charge is 2.22. The minimum Gasteiger partial charge on any atom is -0.496 e. The van der Waals surface area contributed by atoms with Crippen LogP contribution in [0.15, 0.2) is 22.7 Å². The predicted octanol–water partition coefficient (Wildman–Crippen LogP) is 3.73. The largest absolute Gasteiger partial charge is 0.496 e. The van der Waals surface area contributed by atoms with Crippen LogP contribution in [-0.2, 0) is 4.74 Å². The van der Waals surface area contributed by atoms with Gasteiger partial charge < -0.3 is 14.4 Å². The van der Waals surface area contributed by atoms with E-state index in [4.69, 9.17) is 9.47 Å². The maximum atomic E-state index is 12.8. The molecule has 0 aliphatic carbocycles. The lowest BCUT2D eigenvalue weighted by atomic mass is 10.1. The lowest BCUT2D eigenvalue weighted by molar-refractivity contribution is 0.0589. The first-order chi connectivity index (χ1) is 10.1. The van der Waals surface area contributed by atoms with E-state index in [1.165, 1.54) is 0 Å². The fraction of sp³-hybridized carbons (Fsp3) is 0.562. The lowest BCUT2D eigenvalue weighted by Crippen LogP contribution is -2.41. The van der Waals surface area contributed by atoms with Gasteiger partial charge >= 0.3 is 0 Å². The molecular weight excluding hydrogens is 334 g/mol. The second-order valence-corrected chi connectivity index (χ2v) is 5.67. The van der Waals surface area contributed by atoms with Crippen LogP contribution in [0.25, 0.3) is 0 Å². The van der Waals surface area contributed by atoms with Crippen LogP contribution < -0.4 is 4.74 Å². The second kappa shape index (κ2) is 9.05. The third-order valence-electron chi connectivity index (χ3n) is 3.58. The fourth-order valence-electron chi connectivity index (χ4n) is 2.33.